The van der Waals surface area contributed by atoms with Crippen LogP contribution in [0.1, 0.15) is 48.0 Å². The summed E-state index contributed by atoms with van der Waals surface area (Å²) < 4.78 is 11.4. The topological polar surface area (TPSA) is 76.7 Å². The summed E-state index contributed by atoms with van der Waals surface area (Å²) in [7, 11) is -1.63. The fraction of sp³-hybridized carbons (Fsp3) is 0.895. The number of rotatable bonds is 9. The molecule has 2 N–H and O–H groups in total. The Balaban J connectivity index is 4.64. The van der Waals surface area contributed by atoms with Gasteiger partial charge in [0, 0.05) is 13.0 Å². The third kappa shape index (κ3) is 11.6. The van der Waals surface area contributed by atoms with Gasteiger partial charge < -0.3 is 19.8 Å². The Kier molecular flexibility index (Phi) is 10.4. The van der Waals surface area contributed by atoms with E-state index in [1.54, 1.807) is 20.8 Å². The van der Waals surface area contributed by atoms with Crippen LogP contribution in [0.25, 0.3) is 0 Å². The van der Waals surface area contributed by atoms with Crippen molar-refractivity contribution in [1.82, 2.24) is 10.6 Å². The Bertz CT molecular complexity index is 485. The molecular formula is C19H41N2O4SSi+. The van der Waals surface area contributed by atoms with Crippen molar-refractivity contribution in [2.24, 2.45) is 0 Å². The summed E-state index contributed by atoms with van der Waals surface area (Å²) in [5.41, 5.74) is -0.595. The molecule has 27 heavy (non-hydrogen) atoms. The first-order chi connectivity index (χ1) is 12.0. The van der Waals surface area contributed by atoms with Crippen LogP contribution < -0.4 is 10.6 Å². The molecule has 0 saturated heterocycles. The van der Waals surface area contributed by atoms with E-state index in [9.17, 15) is 9.59 Å². The van der Waals surface area contributed by atoms with E-state index < -0.39 is 26.1 Å². The van der Waals surface area contributed by atoms with Crippen LogP contribution in [0, 0.1) is 0 Å². The molecule has 0 radical (unpaired) electrons. The average molecular weight is 422 g/mol. The zero-order valence-electron chi connectivity index (χ0n) is 18.9. The fourth-order valence-electron chi connectivity index (χ4n) is 1.89. The number of amides is 2. The van der Waals surface area contributed by atoms with Gasteiger partial charge in [-0.05, 0) is 49.8 Å². The first-order valence-corrected chi connectivity index (χ1v) is 14.6. The van der Waals surface area contributed by atoms with E-state index in [0.29, 0.717) is 19.6 Å². The summed E-state index contributed by atoms with van der Waals surface area (Å²) >= 11 is 0. The lowest BCUT2D eigenvalue weighted by atomic mass is 10.2. The second kappa shape index (κ2) is 10.7. The lowest BCUT2D eigenvalue weighted by molar-refractivity contribution is -0.123. The van der Waals surface area contributed by atoms with Crippen molar-refractivity contribution in [2.45, 2.75) is 77.7 Å². The highest BCUT2D eigenvalue weighted by Gasteiger charge is 2.37. The van der Waals surface area contributed by atoms with Crippen LogP contribution in [0.5, 0.6) is 0 Å². The van der Waals surface area contributed by atoms with Crippen molar-refractivity contribution in [3.05, 3.63) is 0 Å². The molecule has 160 valence electrons. The van der Waals surface area contributed by atoms with Crippen LogP contribution >= 0.6 is 0 Å². The lowest BCUT2D eigenvalue weighted by Gasteiger charge is -2.36. The van der Waals surface area contributed by atoms with E-state index in [1.165, 1.54) is 0 Å². The average Bonchev–Trinajstić information content (AvgIpc) is 2.44. The van der Waals surface area contributed by atoms with Crippen LogP contribution in [-0.2, 0) is 24.9 Å². The van der Waals surface area contributed by atoms with E-state index in [1.807, 2.05) is 0 Å². The molecule has 0 spiro atoms. The first-order valence-electron chi connectivity index (χ1n) is 9.50. The number of nitrogens with one attached hydrogen (secondary N) is 2. The molecule has 0 aromatic heterocycles. The van der Waals surface area contributed by atoms with Gasteiger partial charge in [-0.15, -0.1) is 0 Å². The minimum absolute atomic E-state index is 0.135. The molecule has 8 heteroatoms. The minimum atomic E-state index is -1.83. The zero-order valence-corrected chi connectivity index (χ0v) is 20.8. The second-order valence-electron chi connectivity index (χ2n) is 9.58. The Morgan fingerprint density at radius 1 is 1.07 bits per heavy atom. The predicted molar refractivity (Wildman–Crippen MR) is 118 cm³/mol. The van der Waals surface area contributed by atoms with Crippen molar-refractivity contribution in [3.8, 4) is 0 Å². The van der Waals surface area contributed by atoms with E-state index in [2.05, 4.69) is 57.0 Å². The fourth-order valence-corrected chi connectivity index (χ4v) is 3.64. The summed E-state index contributed by atoms with van der Waals surface area (Å²) in [6.07, 6.45) is 4.27. The molecule has 0 aliphatic heterocycles. The molecule has 0 rings (SSSR count). The van der Waals surface area contributed by atoms with Crippen LogP contribution in [-0.4, -0.2) is 63.4 Å². The maximum atomic E-state index is 12.6. The Hall–Kier alpha value is -0.733. The smallest absolute Gasteiger partial charge is 0.408 e. The molecule has 0 aromatic rings. The minimum Gasteiger partial charge on any atom is -0.444 e. The quantitative estimate of drug-likeness (QED) is 0.340. The van der Waals surface area contributed by atoms with Crippen molar-refractivity contribution in [2.75, 3.05) is 31.4 Å². The van der Waals surface area contributed by atoms with Gasteiger partial charge in [-0.1, -0.05) is 20.8 Å². The lowest BCUT2D eigenvalue weighted by Crippen LogP contribution is -2.50. The van der Waals surface area contributed by atoms with Gasteiger partial charge in [0.2, 0.25) is 5.91 Å². The van der Waals surface area contributed by atoms with Crippen molar-refractivity contribution in [3.63, 3.8) is 0 Å². The van der Waals surface area contributed by atoms with E-state index >= 15 is 0 Å². The Labute approximate surface area is 170 Å². The molecule has 0 fully saturated rings. The number of carbonyl (C=O) groups is 2. The van der Waals surface area contributed by atoms with E-state index in [4.69, 9.17) is 9.16 Å². The van der Waals surface area contributed by atoms with Crippen molar-refractivity contribution >= 4 is 31.2 Å². The van der Waals surface area contributed by atoms with Crippen molar-refractivity contribution in [1.29, 1.82) is 0 Å². The molecule has 0 saturated carbocycles. The SMILES string of the molecule is C[S+](C)CCC(NC(=O)OC(C)(C)C)C(=O)NCCO[Si](C)(C)C(C)(C)C. The largest absolute Gasteiger partial charge is 0.444 e. The van der Waals surface area contributed by atoms with Gasteiger partial charge in [-0.3, -0.25) is 4.79 Å². The number of alkyl carbamates (subject to hydrolysis) is 1. The molecule has 1 atom stereocenters. The number of hydrogen-bond donors (Lipinski definition) is 2. The standard InChI is InChI=1S/C19H40N2O4SSi/c1-18(2,3)25-17(23)21-15(11-14-26(7)8)16(22)20-12-13-24-27(9,10)19(4,5)6/h15H,11-14H2,1-10H3,(H-,20,21,22,23)/p+1. The third-order valence-corrected chi connectivity index (χ3v) is 10.1. The van der Waals surface area contributed by atoms with Gasteiger partial charge in [-0.25, -0.2) is 4.79 Å². The van der Waals surface area contributed by atoms with Gasteiger partial charge in [0.15, 0.2) is 8.32 Å². The number of hydrogen-bond acceptors (Lipinski definition) is 4. The summed E-state index contributed by atoms with van der Waals surface area (Å²) in [4.78, 5) is 24.6. The Morgan fingerprint density at radius 2 is 1.63 bits per heavy atom. The molecule has 0 heterocycles. The van der Waals surface area contributed by atoms with Gasteiger partial charge in [-0.2, -0.15) is 0 Å². The Morgan fingerprint density at radius 3 is 2.07 bits per heavy atom. The highest BCUT2D eigenvalue weighted by atomic mass is 32.2. The molecule has 0 aromatic carbocycles. The molecule has 2 amide bonds. The van der Waals surface area contributed by atoms with Crippen LogP contribution in [0.2, 0.25) is 18.1 Å². The predicted octanol–water partition coefficient (Wildman–Crippen LogP) is 3.29. The summed E-state index contributed by atoms with van der Waals surface area (Å²) in [5, 5.41) is 5.73. The summed E-state index contributed by atoms with van der Waals surface area (Å²) in [6.45, 7) is 17.2. The van der Waals surface area contributed by atoms with Gasteiger partial charge >= 0.3 is 6.09 Å². The molecule has 1 unspecified atom stereocenters. The van der Waals surface area contributed by atoms with Crippen LogP contribution in [0.4, 0.5) is 4.79 Å². The molecule has 0 aliphatic carbocycles. The van der Waals surface area contributed by atoms with Crippen molar-refractivity contribution < 1.29 is 18.8 Å². The van der Waals surface area contributed by atoms with Gasteiger partial charge in [0.05, 0.1) is 19.1 Å². The highest BCUT2D eigenvalue weighted by Crippen LogP contribution is 2.36. The van der Waals surface area contributed by atoms with Gasteiger partial charge in [0.1, 0.15) is 17.4 Å². The van der Waals surface area contributed by atoms with Crippen LogP contribution in [0.3, 0.4) is 0 Å². The maximum Gasteiger partial charge on any atom is 0.408 e. The van der Waals surface area contributed by atoms with Gasteiger partial charge in [0.25, 0.3) is 0 Å². The number of ether oxygens (including phenoxy) is 1. The summed E-state index contributed by atoms with van der Waals surface area (Å²) in [5.74, 6) is 0.680. The maximum absolute atomic E-state index is 12.6. The third-order valence-electron chi connectivity index (χ3n) is 4.49. The van der Waals surface area contributed by atoms with E-state index in [0.717, 1.165) is 5.75 Å². The molecular weight excluding hydrogens is 380 g/mol. The zero-order chi connectivity index (χ0) is 21.5. The first kappa shape index (κ1) is 26.3. The summed E-state index contributed by atoms with van der Waals surface area (Å²) in [6, 6.07) is -0.595. The highest BCUT2D eigenvalue weighted by molar-refractivity contribution is 7.95. The molecule has 0 aliphatic rings. The second-order valence-corrected chi connectivity index (χ2v) is 16.8. The number of carbonyl (C=O) groups excluding carboxylic acids is 2. The van der Waals surface area contributed by atoms with Crippen LogP contribution in [0.15, 0.2) is 0 Å². The molecule has 0 bridgehead atoms. The van der Waals surface area contributed by atoms with E-state index in [-0.39, 0.29) is 21.8 Å². The normalized spacial score (nSPS) is 14.0. The monoisotopic (exact) mass is 421 g/mol. The molecule has 6 nitrogen and oxygen atoms in total.